The van der Waals surface area contributed by atoms with E-state index < -0.39 is 0 Å². The van der Waals surface area contributed by atoms with E-state index >= 15 is 0 Å². The molecule has 1 fully saturated rings. The molecule has 1 N–H and O–H groups in total. The fraction of sp³-hybridized carbons (Fsp3) is 0.562. The van der Waals surface area contributed by atoms with Crippen molar-refractivity contribution in [3.8, 4) is 5.75 Å². The van der Waals surface area contributed by atoms with Gasteiger partial charge in [-0.3, -0.25) is 4.79 Å². The lowest BCUT2D eigenvalue weighted by Gasteiger charge is -2.19. The molecule has 0 atom stereocenters. The number of benzene rings is 1. The molecule has 1 aliphatic rings. The van der Waals surface area contributed by atoms with Gasteiger partial charge in [-0.1, -0.05) is 18.2 Å². The van der Waals surface area contributed by atoms with Crippen molar-refractivity contribution < 1.29 is 9.53 Å². The molecular formula is C16H24N2O2S. The van der Waals surface area contributed by atoms with Gasteiger partial charge in [0.25, 0.3) is 0 Å². The summed E-state index contributed by atoms with van der Waals surface area (Å²) in [5.41, 5.74) is 1.19. The number of amides is 1. The zero-order valence-electron chi connectivity index (χ0n) is 12.6. The maximum Gasteiger partial charge on any atom is 0.223 e. The van der Waals surface area contributed by atoms with Gasteiger partial charge in [-0.05, 0) is 19.0 Å². The molecule has 0 spiro atoms. The Balaban J connectivity index is 1.70. The van der Waals surface area contributed by atoms with Crippen molar-refractivity contribution in [2.45, 2.75) is 18.6 Å². The van der Waals surface area contributed by atoms with E-state index in [1.54, 1.807) is 18.9 Å². The molecule has 1 amide bonds. The molecule has 1 aromatic rings. The molecule has 0 unspecified atom stereocenters. The van der Waals surface area contributed by atoms with Crippen LogP contribution >= 0.6 is 11.8 Å². The van der Waals surface area contributed by atoms with Gasteiger partial charge in [0.2, 0.25) is 5.91 Å². The first-order chi connectivity index (χ1) is 10.3. The summed E-state index contributed by atoms with van der Waals surface area (Å²) in [7, 11) is 1.69. The molecule has 0 aliphatic carbocycles. The topological polar surface area (TPSA) is 41.6 Å². The average Bonchev–Trinajstić information content (AvgIpc) is 2.81. The second-order valence-electron chi connectivity index (χ2n) is 5.10. The second-order valence-corrected chi connectivity index (χ2v) is 6.20. The first-order valence-electron chi connectivity index (χ1n) is 7.49. The fourth-order valence-corrected chi connectivity index (χ4v) is 3.34. The van der Waals surface area contributed by atoms with Crippen LogP contribution in [-0.4, -0.2) is 49.8 Å². The third-order valence-corrected chi connectivity index (χ3v) is 4.61. The number of carbonyl (C=O) groups excluding carboxylic acids is 1. The molecule has 1 aromatic carbocycles. The molecule has 0 radical (unpaired) electrons. The highest BCUT2D eigenvalue weighted by atomic mass is 32.2. The van der Waals surface area contributed by atoms with Gasteiger partial charge in [0.1, 0.15) is 5.75 Å². The van der Waals surface area contributed by atoms with E-state index in [9.17, 15) is 4.79 Å². The average molecular weight is 308 g/mol. The van der Waals surface area contributed by atoms with Crippen molar-refractivity contribution in [3.63, 3.8) is 0 Å². The lowest BCUT2D eigenvalue weighted by Crippen LogP contribution is -2.34. The predicted octanol–water partition coefficient (Wildman–Crippen LogP) is 2.14. The van der Waals surface area contributed by atoms with E-state index in [2.05, 4.69) is 11.4 Å². The van der Waals surface area contributed by atoms with Gasteiger partial charge < -0.3 is 15.0 Å². The number of thioether (sulfide) groups is 1. The van der Waals surface area contributed by atoms with E-state index in [1.165, 1.54) is 5.56 Å². The molecule has 4 nitrogen and oxygen atoms in total. The Kier molecular flexibility index (Phi) is 6.89. The van der Waals surface area contributed by atoms with Crippen molar-refractivity contribution in [2.24, 2.45) is 0 Å². The second kappa shape index (κ2) is 8.95. The quantitative estimate of drug-likeness (QED) is 0.818. The Labute approximate surface area is 131 Å². The van der Waals surface area contributed by atoms with Gasteiger partial charge in [0, 0.05) is 43.1 Å². The van der Waals surface area contributed by atoms with Crippen molar-refractivity contribution in [1.29, 1.82) is 0 Å². The first kappa shape index (κ1) is 16.2. The molecule has 1 saturated heterocycles. The van der Waals surface area contributed by atoms with Crippen LogP contribution in [0.25, 0.3) is 0 Å². The third kappa shape index (κ3) is 5.25. The molecule has 0 bridgehead atoms. The van der Waals surface area contributed by atoms with E-state index in [0.717, 1.165) is 49.9 Å². The van der Waals surface area contributed by atoms with E-state index in [1.807, 2.05) is 23.1 Å². The minimum Gasteiger partial charge on any atom is -0.496 e. The summed E-state index contributed by atoms with van der Waals surface area (Å²) in [6.45, 7) is 3.67. The summed E-state index contributed by atoms with van der Waals surface area (Å²) in [4.78, 5) is 14.1. The maximum atomic E-state index is 12.1. The van der Waals surface area contributed by atoms with Crippen molar-refractivity contribution >= 4 is 17.7 Å². The van der Waals surface area contributed by atoms with Crippen LogP contribution in [0.15, 0.2) is 24.3 Å². The molecule has 21 heavy (non-hydrogen) atoms. The number of carbonyl (C=O) groups is 1. The molecule has 1 heterocycles. The highest BCUT2D eigenvalue weighted by Crippen LogP contribution is 2.23. The van der Waals surface area contributed by atoms with Crippen LogP contribution in [0.2, 0.25) is 0 Å². The monoisotopic (exact) mass is 308 g/mol. The van der Waals surface area contributed by atoms with Crippen LogP contribution in [-0.2, 0) is 10.5 Å². The van der Waals surface area contributed by atoms with Crippen molar-refractivity contribution in [2.75, 3.05) is 39.0 Å². The van der Waals surface area contributed by atoms with Gasteiger partial charge in [0.15, 0.2) is 0 Å². The van der Waals surface area contributed by atoms with Gasteiger partial charge in [0.05, 0.1) is 7.11 Å². The summed E-state index contributed by atoms with van der Waals surface area (Å²) in [5.74, 6) is 2.96. The third-order valence-electron chi connectivity index (χ3n) is 3.60. The Hall–Kier alpha value is -1.20. The number of nitrogens with one attached hydrogen (secondary N) is 1. The van der Waals surface area contributed by atoms with E-state index in [0.29, 0.717) is 6.42 Å². The summed E-state index contributed by atoms with van der Waals surface area (Å²) in [6, 6.07) is 8.05. The van der Waals surface area contributed by atoms with E-state index in [4.69, 9.17) is 4.74 Å². The summed E-state index contributed by atoms with van der Waals surface area (Å²) < 4.78 is 5.34. The Morgan fingerprint density at radius 3 is 3.05 bits per heavy atom. The smallest absolute Gasteiger partial charge is 0.223 e. The highest BCUT2D eigenvalue weighted by molar-refractivity contribution is 7.98. The van der Waals surface area contributed by atoms with Crippen LogP contribution in [0, 0.1) is 0 Å². The Morgan fingerprint density at radius 1 is 1.33 bits per heavy atom. The molecular weight excluding hydrogens is 284 g/mol. The van der Waals surface area contributed by atoms with E-state index in [-0.39, 0.29) is 5.91 Å². The van der Waals surface area contributed by atoms with Gasteiger partial charge in [-0.2, -0.15) is 11.8 Å². The summed E-state index contributed by atoms with van der Waals surface area (Å²) >= 11 is 1.79. The maximum absolute atomic E-state index is 12.1. The molecule has 0 saturated carbocycles. The van der Waals surface area contributed by atoms with Crippen LogP contribution in [0.4, 0.5) is 0 Å². The molecule has 116 valence electrons. The zero-order valence-corrected chi connectivity index (χ0v) is 13.5. The minimum absolute atomic E-state index is 0.284. The lowest BCUT2D eigenvalue weighted by atomic mass is 10.2. The standard InChI is InChI=1S/C16H24N2O2S/c1-20-15-6-3-2-5-14(15)13-21-12-7-16(19)18-10-4-8-17-9-11-18/h2-3,5-6,17H,4,7-13H2,1H3. The van der Waals surface area contributed by atoms with Crippen LogP contribution < -0.4 is 10.1 Å². The number of para-hydroxylation sites is 1. The molecule has 0 aromatic heterocycles. The number of nitrogens with zero attached hydrogens (tertiary/aromatic N) is 1. The van der Waals surface area contributed by atoms with Gasteiger partial charge >= 0.3 is 0 Å². The normalized spacial score (nSPS) is 15.6. The number of ether oxygens (including phenoxy) is 1. The molecule has 1 aliphatic heterocycles. The number of rotatable bonds is 6. The van der Waals surface area contributed by atoms with Gasteiger partial charge in [-0.25, -0.2) is 0 Å². The molecule has 2 rings (SSSR count). The summed E-state index contributed by atoms with van der Waals surface area (Å²) in [5, 5.41) is 3.32. The minimum atomic E-state index is 0.284. The molecule has 5 heteroatoms. The zero-order chi connectivity index (χ0) is 14.9. The predicted molar refractivity (Wildman–Crippen MR) is 87.8 cm³/mol. The highest BCUT2D eigenvalue weighted by Gasteiger charge is 2.14. The van der Waals surface area contributed by atoms with Crippen LogP contribution in [0.3, 0.4) is 0 Å². The number of hydrogen-bond donors (Lipinski definition) is 1. The van der Waals surface area contributed by atoms with Crippen LogP contribution in [0.5, 0.6) is 5.75 Å². The number of hydrogen-bond acceptors (Lipinski definition) is 4. The Morgan fingerprint density at radius 2 is 2.19 bits per heavy atom. The SMILES string of the molecule is COc1ccccc1CSCCC(=O)N1CCCNCC1. The number of methoxy groups -OCH3 is 1. The fourth-order valence-electron chi connectivity index (χ4n) is 2.42. The van der Waals surface area contributed by atoms with Crippen molar-refractivity contribution in [1.82, 2.24) is 10.2 Å². The Bertz CT molecular complexity index is 446. The summed E-state index contributed by atoms with van der Waals surface area (Å²) in [6.07, 6.45) is 1.68. The van der Waals surface area contributed by atoms with Crippen molar-refractivity contribution in [3.05, 3.63) is 29.8 Å². The first-order valence-corrected chi connectivity index (χ1v) is 8.65. The van der Waals surface area contributed by atoms with Gasteiger partial charge in [-0.15, -0.1) is 0 Å². The lowest BCUT2D eigenvalue weighted by molar-refractivity contribution is -0.130. The largest absolute Gasteiger partial charge is 0.496 e. The van der Waals surface area contributed by atoms with Crippen LogP contribution in [0.1, 0.15) is 18.4 Å².